The Labute approximate surface area is 251 Å². The first-order valence-corrected chi connectivity index (χ1v) is 14.1. The predicted octanol–water partition coefficient (Wildman–Crippen LogP) is 7.14. The van der Waals surface area contributed by atoms with Crippen LogP contribution in [0.25, 0.3) is 6.08 Å². The Morgan fingerprint density at radius 3 is 2.29 bits per heavy atom. The molecule has 0 saturated heterocycles. The van der Waals surface area contributed by atoms with Crippen LogP contribution >= 0.6 is 35.0 Å². The quantitative estimate of drug-likeness (QED) is 0.132. The molecule has 208 valence electrons. The molecule has 3 amide bonds. The van der Waals surface area contributed by atoms with E-state index < -0.39 is 11.8 Å². The molecule has 0 atom stereocenters. The molecular formula is C31H25Cl2N3O4S. The molecule has 10 heteroatoms. The zero-order valence-corrected chi connectivity index (χ0v) is 24.1. The van der Waals surface area contributed by atoms with E-state index in [0.29, 0.717) is 33.3 Å². The molecule has 0 aliphatic rings. The largest absolute Gasteiger partial charge is 0.497 e. The molecule has 0 fully saturated rings. The van der Waals surface area contributed by atoms with Crippen molar-refractivity contribution in [3.8, 4) is 5.75 Å². The number of benzene rings is 4. The van der Waals surface area contributed by atoms with Gasteiger partial charge in [0.25, 0.3) is 11.8 Å². The van der Waals surface area contributed by atoms with Crippen LogP contribution in [0.4, 0.5) is 11.4 Å². The molecule has 4 rings (SSSR count). The van der Waals surface area contributed by atoms with E-state index in [-0.39, 0.29) is 22.4 Å². The molecule has 0 aliphatic heterocycles. The van der Waals surface area contributed by atoms with E-state index >= 15 is 0 Å². The van der Waals surface area contributed by atoms with Crippen LogP contribution in [0.5, 0.6) is 5.75 Å². The molecule has 4 aromatic rings. The summed E-state index contributed by atoms with van der Waals surface area (Å²) in [6.45, 7) is 0. The van der Waals surface area contributed by atoms with Crippen molar-refractivity contribution in [2.75, 3.05) is 23.5 Å². The molecule has 7 nitrogen and oxygen atoms in total. The van der Waals surface area contributed by atoms with Crippen molar-refractivity contribution in [2.24, 2.45) is 0 Å². The molecule has 4 aromatic carbocycles. The zero-order valence-electron chi connectivity index (χ0n) is 21.8. The average molecular weight is 607 g/mol. The van der Waals surface area contributed by atoms with Gasteiger partial charge >= 0.3 is 0 Å². The van der Waals surface area contributed by atoms with Crippen LogP contribution in [0.3, 0.4) is 0 Å². The summed E-state index contributed by atoms with van der Waals surface area (Å²) in [5.41, 5.74) is 1.96. The van der Waals surface area contributed by atoms with Crippen LogP contribution in [0.2, 0.25) is 10.0 Å². The molecule has 41 heavy (non-hydrogen) atoms. The van der Waals surface area contributed by atoms with Crippen molar-refractivity contribution in [1.82, 2.24) is 5.32 Å². The molecule has 0 spiro atoms. The first-order valence-electron chi connectivity index (χ1n) is 12.3. The third-order valence-electron chi connectivity index (χ3n) is 5.65. The van der Waals surface area contributed by atoms with Crippen LogP contribution in [-0.4, -0.2) is 30.6 Å². The lowest BCUT2D eigenvalue weighted by Crippen LogP contribution is -2.30. The number of ether oxygens (including phenoxy) is 1. The topological polar surface area (TPSA) is 96.5 Å². The first kappa shape index (κ1) is 29.7. The van der Waals surface area contributed by atoms with E-state index in [1.807, 2.05) is 6.07 Å². The van der Waals surface area contributed by atoms with Gasteiger partial charge in [0.05, 0.1) is 22.9 Å². The molecule has 0 heterocycles. The lowest BCUT2D eigenvalue weighted by molar-refractivity contribution is -0.114. The Bertz CT molecular complexity index is 1580. The fraction of sp³-hybridized carbons (Fsp3) is 0.0645. The summed E-state index contributed by atoms with van der Waals surface area (Å²) in [5, 5.41) is 8.88. The number of hydrogen-bond acceptors (Lipinski definition) is 5. The van der Waals surface area contributed by atoms with Crippen molar-refractivity contribution >= 4 is 70.1 Å². The van der Waals surface area contributed by atoms with Crippen molar-refractivity contribution in [3.05, 3.63) is 124 Å². The minimum absolute atomic E-state index is 0.0278. The van der Waals surface area contributed by atoms with E-state index in [0.717, 1.165) is 4.90 Å². The number of carbonyl (C=O) groups is 3. The second-order valence-electron chi connectivity index (χ2n) is 8.57. The van der Waals surface area contributed by atoms with Crippen LogP contribution < -0.4 is 20.7 Å². The van der Waals surface area contributed by atoms with Crippen LogP contribution in [0, 0.1) is 0 Å². The maximum absolute atomic E-state index is 13.4. The van der Waals surface area contributed by atoms with Gasteiger partial charge in [-0.25, -0.2) is 0 Å². The van der Waals surface area contributed by atoms with Gasteiger partial charge in [-0.05, 0) is 72.3 Å². The van der Waals surface area contributed by atoms with E-state index in [9.17, 15) is 14.4 Å². The Morgan fingerprint density at radius 1 is 0.829 bits per heavy atom. The van der Waals surface area contributed by atoms with Gasteiger partial charge in [-0.15, -0.1) is 11.8 Å². The number of anilines is 2. The van der Waals surface area contributed by atoms with Crippen LogP contribution in [-0.2, 0) is 9.59 Å². The van der Waals surface area contributed by atoms with Crippen LogP contribution in [0.15, 0.2) is 108 Å². The Balaban J connectivity index is 1.46. The third kappa shape index (κ3) is 8.62. The predicted molar refractivity (Wildman–Crippen MR) is 166 cm³/mol. The smallest absolute Gasteiger partial charge is 0.272 e. The number of methoxy groups -OCH3 is 1. The molecule has 3 N–H and O–H groups in total. The van der Waals surface area contributed by atoms with Gasteiger partial charge in [0.1, 0.15) is 11.4 Å². The molecule has 0 bridgehead atoms. The Kier molecular flexibility index (Phi) is 10.5. The number of carbonyl (C=O) groups excluding carboxylic acids is 3. The molecule has 0 radical (unpaired) electrons. The highest BCUT2D eigenvalue weighted by Crippen LogP contribution is 2.28. The number of thioether (sulfide) groups is 1. The minimum atomic E-state index is -0.565. The maximum atomic E-state index is 13.4. The van der Waals surface area contributed by atoms with E-state index in [4.69, 9.17) is 27.9 Å². The number of rotatable bonds is 10. The molecule has 0 unspecified atom stereocenters. The van der Waals surface area contributed by atoms with Crippen LogP contribution in [0.1, 0.15) is 15.9 Å². The lowest BCUT2D eigenvalue weighted by Gasteiger charge is -2.13. The van der Waals surface area contributed by atoms with Gasteiger partial charge < -0.3 is 20.7 Å². The fourth-order valence-electron chi connectivity index (χ4n) is 3.61. The molecular weight excluding hydrogens is 581 g/mol. The van der Waals surface area contributed by atoms with Gasteiger partial charge in [-0.1, -0.05) is 59.6 Å². The Hall–Kier alpha value is -4.24. The van der Waals surface area contributed by atoms with E-state index in [1.165, 1.54) is 17.8 Å². The van der Waals surface area contributed by atoms with Crippen molar-refractivity contribution in [3.63, 3.8) is 0 Å². The standard InChI is InChI=1S/C31H25Cl2N3O4S/c1-40-24-15-13-22(14-16-24)34-28(37)19-41-25-11-6-10-23(18-25)35-31(39)27(17-21-9-5-12-26(32)29(21)33)36-30(38)20-7-3-2-4-8-20/h2-18H,19H2,1H3,(H,34,37)(H,35,39)(H,36,38)/b27-17+. The van der Waals surface area contributed by atoms with Gasteiger partial charge in [0.2, 0.25) is 5.91 Å². The second kappa shape index (κ2) is 14.4. The van der Waals surface area contributed by atoms with Crippen molar-refractivity contribution < 1.29 is 19.1 Å². The van der Waals surface area contributed by atoms with Crippen molar-refractivity contribution in [2.45, 2.75) is 4.90 Å². The number of halogens is 2. The monoisotopic (exact) mass is 605 g/mol. The van der Waals surface area contributed by atoms with Crippen molar-refractivity contribution in [1.29, 1.82) is 0 Å². The maximum Gasteiger partial charge on any atom is 0.272 e. The normalized spacial score (nSPS) is 11.0. The summed E-state index contributed by atoms with van der Waals surface area (Å²) in [7, 11) is 1.58. The third-order valence-corrected chi connectivity index (χ3v) is 7.47. The minimum Gasteiger partial charge on any atom is -0.497 e. The molecule has 0 aliphatic carbocycles. The lowest BCUT2D eigenvalue weighted by atomic mass is 10.1. The Morgan fingerprint density at radius 2 is 1.56 bits per heavy atom. The first-order chi connectivity index (χ1) is 19.8. The molecule has 0 saturated carbocycles. The SMILES string of the molecule is COc1ccc(NC(=O)CSc2cccc(NC(=O)/C(=C\c3cccc(Cl)c3Cl)NC(=O)c3ccccc3)c2)cc1. The number of hydrogen-bond donors (Lipinski definition) is 3. The molecule has 0 aromatic heterocycles. The van der Waals surface area contributed by atoms with Gasteiger partial charge in [-0.2, -0.15) is 0 Å². The summed E-state index contributed by atoms with van der Waals surface area (Å²) in [6, 6.07) is 27.6. The highest BCUT2D eigenvalue weighted by Gasteiger charge is 2.16. The number of nitrogens with one attached hydrogen (secondary N) is 3. The fourth-order valence-corrected chi connectivity index (χ4v) is 4.73. The summed E-state index contributed by atoms with van der Waals surface area (Å²) >= 11 is 13.8. The number of amides is 3. The zero-order chi connectivity index (χ0) is 29.2. The second-order valence-corrected chi connectivity index (χ2v) is 10.4. The average Bonchev–Trinajstić information content (AvgIpc) is 2.99. The highest BCUT2D eigenvalue weighted by atomic mass is 35.5. The summed E-state index contributed by atoms with van der Waals surface area (Å²) in [6.07, 6.45) is 1.46. The summed E-state index contributed by atoms with van der Waals surface area (Å²) in [4.78, 5) is 39.4. The van der Waals surface area contributed by atoms with E-state index in [1.54, 1.807) is 98.1 Å². The summed E-state index contributed by atoms with van der Waals surface area (Å²) in [5.74, 6) is -0.344. The van der Waals surface area contributed by atoms with Gasteiger partial charge in [0, 0.05) is 21.8 Å². The van der Waals surface area contributed by atoms with Gasteiger partial charge in [-0.3, -0.25) is 14.4 Å². The summed E-state index contributed by atoms with van der Waals surface area (Å²) < 4.78 is 5.13. The highest BCUT2D eigenvalue weighted by molar-refractivity contribution is 8.00. The van der Waals surface area contributed by atoms with E-state index in [2.05, 4.69) is 16.0 Å². The van der Waals surface area contributed by atoms with Gasteiger partial charge in [0.15, 0.2) is 0 Å².